The molecule has 5 heterocycles. The maximum atomic E-state index is 11.6. The van der Waals surface area contributed by atoms with Crippen molar-refractivity contribution in [1.29, 1.82) is 0 Å². The van der Waals surface area contributed by atoms with Gasteiger partial charge in [0.05, 0.1) is 11.9 Å². The average Bonchev–Trinajstić information content (AvgIpc) is 3.51. The highest BCUT2D eigenvalue weighted by Gasteiger charge is 2.18. The number of fused-ring (bicyclic) bond motifs is 2. The number of carbonyl (C=O) groups is 1. The first-order valence-corrected chi connectivity index (χ1v) is 10.5. The fourth-order valence-corrected chi connectivity index (χ4v) is 4.01. The molecule has 3 aromatic heterocycles. The van der Waals surface area contributed by atoms with Crippen molar-refractivity contribution >= 4 is 40.0 Å². The number of pyridine rings is 1. The van der Waals surface area contributed by atoms with Gasteiger partial charge >= 0.3 is 0 Å². The van der Waals surface area contributed by atoms with Crippen molar-refractivity contribution in [2.75, 3.05) is 35.2 Å². The number of H-pyrrole nitrogens is 1. The van der Waals surface area contributed by atoms with Crippen LogP contribution in [0.25, 0.3) is 22.4 Å². The summed E-state index contributed by atoms with van der Waals surface area (Å²) in [5.41, 5.74) is 3.56. The van der Waals surface area contributed by atoms with E-state index >= 15 is 0 Å². The molecule has 160 valence electrons. The van der Waals surface area contributed by atoms with E-state index in [0.29, 0.717) is 34.1 Å². The molecule has 0 bridgehead atoms. The molecule has 3 N–H and O–H groups in total. The minimum atomic E-state index is -0.181. The smallest absolute Gasteiger partial charge is 0.262 e. The van der Waals surface area contributed by atoms with Crippen molar-refractivity contribution in [3.63, 3.8) is 0 Å². The topological polar surface area (TPSA) is 121 Å². The summed E-state index contributed by atoms with van der Waals surface area (Å²) in [5, 5.41) is 13.2. The van der Waals surface area contributed by atoms with Crippen LogP contribution in [0.15, 0.2) is 42.7 Å². The molecule has 0 aliphatic carbocycles. The van der Waals surface area contributed by atoms with Gasteiger partial charge in [0.15, 0.2) is 18.2 Å². The zero-order valence-electron chi connectivity index (χ0n) is 17.1. The van der Waals surface area contributed by atoms with Crippen LogP contribution >= 0.6 is 0 Å². The van der Waals surface area contributed by atoms with Crippen LogP contribution in [0.2, 0.25) is 0 Å². The summed E-state index contributed by atoms with van der Waals surface area (Å²) in [6, 6.07) is 9.50. The highest BCUT2D eigenvalue weighted by atomic mass is 16.5. The van der Waals surface area contributed by atoms with Gasteiger partial charge in [-0.25, -0.2) is 15.0 Å². The third-order valence-corrected chi connectivity index (χ3v) is 5.61. The molecular formula is C22H20N8O2. The molecule has 2 aliphatic rings. The van der Waals surface area contributed by atoms with Gasteiger partial charge in [-0.2, -0.15) is 5.10 Å². The Kier molecular flexibility index (Phi) is 4.34. The standard InChI is InChI=1S/C22H20N8O2/c31-19-12-32-17-5-4-14(9-15(17)26-19)25-22-20-16(11-24-29-20)27-21(28-22)13-3-6-18(23-10-13)30-7-1-2-8-30/h3-6,9-11H,1-2,7-8,12H2,(H,24,29)(H,26,31)(H,25,27,28). The first-order chi connectivity index (χ1) is 15.7. The van der Waals surface area contributed by atoms with Crippen molar-refractivity contribution in [3.05, 3.63) is 42.7 Å². The molecule has 0 spiro atoms. The van der Waals surface area contributed by atoms with Crippen LogP contribution in [0.4, 0.5) is 23.0 Å². The van der Waals surface area contributed by atoms with Gasteiger partial charge in [0, 0.05) is 30.5 Å². The normalized spacial score (nSPS) is 15.4. The van der Waals surface area contributed by atoms with Gasteiger partial charge < -0.3 is 20.3 Å². The van der Waals surface area contributed by atoms with Crippen molar-refractivity contribution in [3.8, 4) is 17.1 Å². The van der Waals surface area contributed by atoms with E-state index in [0.717, 1.165) is 30.2 Å². The molecule has 1 aromatic carbocycles. The molecule has 0 atom stereocenters. The van der Waals surface area contributed by atoms with Crippen LogP contribution in [0, 0.1) is 0 Å². The first kappa shape index (κ1) is 18.6. The number of nitrogens with zero attached hydrogens (tertiary/aromatic N) is 5. The Bertz CT molecular complexity index is 1310. The maximum absolute atomic E-state index is 11.6. The van der Waals surface area contributed by atoms with Crippen LogP contribution in [0.3, 0.4) is 0 Å². The molecule has 10 heteroatoms. The number of benzene rings is 1. The highest BCUT2D eigenvalue weighted by Crippen LogP contribution is 2.33. The number of rotatable bonds is 4. The quantitative estimate of drug-likeness (QED) is 0.453. The minimum absolute atomic E-state index is 0.0222. The molecule has 6 rings (SSSR count). The second kappa shape index (κ2) is 7.49. The van der Waals surface area contributed by atoms with Crippen molar-refractivity contribution in [1.82, 2.24) is 25.1 Å². The zero-order valence-corrected chi connectivity index (χ0v) is 17.1. The SMILES string of the molecule is O=C1COc2ccc(Nc3nc(-c4ccc(N5CCCC5)nc4)nc4cn[nH]c34)cc2N1. The van der Waals surface area contributed by atoms with E-state index in [9.17, 15) is 4.79 Å². The fourth-order valence-electron chi connectivity index (χ4n) is 4.01. The van der Waals surface area contributed by atoms with Gasteiger partial charge in [0.2, 0.25) is 0 Å². The Morgan fingerprint density at radius 3 is 2.81 bits per heavy atom. The van der Waals surface area contributed by atoms with Crippen LogP contribution in [-0.2, 0) is 4.79 Å². The van der Waals surface area contributed by atoms with Crippen molar-refractivity contribution in [2.24, 2.45) is 0 Å². The summed E-state index contributed by atoms with van der Waals surface area (Å²) in [6.07, 6.45) is 5.89. The lowest BCUT2D eigenvalue weighted by Gasteiger charge is -2.19. The summed E-state index contributed by atoms with van der Waals surface area (Å²) in [5.74, 6) is 2.56. The van der Waals surface area contributed by atoms with Crippen molar-refractivity contribution < 1.29 is 9.53 Å². The van der Waals surface area contributed by atoms with E-state index in [1.807, 2.05) is 36.5 Å². The predicted molar refractivity (Wildman–Crippen MR) is 120 cm³/mol. The number of anilines is 4. The van der Waals surface area contributed by atoms with Gasteiger partial charge in [-0.05, 0) is 43.2 Å². The number of hydrogen-bond acceptors (Lipinski definition) is 8. The number of ether oxygens (including phenoxy) is 1. The third kappa shape index (κ3) is 3.35. The van der Waals surface area contributed by atoms with E-state index in [-0.39, 0.29) is 12.5 Å². The van der Waals surface area contributed by atoms with Gasteiger partial charge in [-0.3, -0.25) is 9.89 Å². The molecule has 0 saturated carbocycles. The van der Waals surface area contributed by atoms with Crippen LogP contribution in [0.5, 0.6) is 5.75 Å². The van der Waals surface area contributed by atoms with E-state index in [1.54, 1.807) is 6.20 Å². The number of aromatic amines is 1. The predicted octanol–water partition coefficient (Wildman–Crippen LogP) is 3.09. The summed E-state index contributed by atoms with van der Waals surface area (Å²) >= 11 is 0. The first-order valence-electron chi connectivity index (χ1n) is 10.5. The van der Waals surface area contributed by atoms with Crippen LogP contribution in [-0.4, -0.2) is 50.8 Å². The second-order valence-corrected chi connectivity index (χ2v) is 7.80. The Morgan fingerprint density at radius 1 is 1.06 bits per heavy atom. The lowest BCUT2D eigenvalue weighted by atomic mass is 10.2. The summed E-state index contributed by atoms with van der Waals surface area (Å²) < 4.78 is 5.43. The van der Waals surface area contributed by atoms with Gasteiger partial charge in [-0.1, -0.05) is 0 Å². The van der Waals surface area contributed by atoms with Crippen molar-refractivity contribution in [2.45, 2.75) is 12.8 Å². The molecule has 10 nitrogen and oxygen atoms in total. The lowest BCUT2D eigenvalue weighted by molar-refractivity contribution is -0.118. The second-order valence-electron chi connectivity index (χ2n) is 7.80. The van der Waals surface area contributed by atoms with E-state index in [4.69, 9.17) is 9.72 Å². The monoisotopic (exact) mass is 428 g/mol. The molecule has 0 unspecified atom stereocenters. The third-order valence-electron chi connectivity index (χ3n) is 5.61. The molecule has 0 radical (unpaired) electrons. The number of amides is 1. The number of hydrogen-bond donors (Lipinski definition) is 3. The van der Waals surface area contributed by atoms with Crippen LogP contribution in [0.1, 0.15) is 12.8 Å². The van der Waals surface area contributed by atoms with Gasteiger partial charge in [0.25, 0.3) is 5.91 Å². The molecule has 32 heavy (non-hydrogen) atoms. The number of aromatic nitrogens is 5. The molecule has 4 aromatic rings. The minimum Gasteiger partial charge on any atom is -0.482 e. The van der Waals surface area contributed by atoms with E-state index in [2.05, 4.69) is 35.7 Å². The lowest BCUT2D eigenvalue weighted by Crippen LogP contribution is -2.25. The largest absolute Gasteiger partial charge is 0.482 e. The number of nitrogens with one attached hydrogen (secondary N) is 3. The summed E-state index contributed by atoms with van der Waals surface area (Å²) in [7, 11) is 0. The van der Waals surface area contributed by atoms with Gasteiger partial charge in [0.1, 0.15) is 22.6 Å². The Morgan fingerprint density at radius 2 is 1.97 bits per heavy atom. The average molecular weight is 428 g/mol. The highest BCUT2D eigenvalue weighted by molar-refractivity contribution is 5.96. The number of carbonyl (C=O) groups excluding carboxylic acids is 1. The Hall–Kier alpha value is -4.21. The van der Waals surface area contributed by atoms with Crippen LogP contribution < -0.4 is 20.3 Å². The van der Waals surface area contributed by atoms with E-state index in [1.165, 1.54) is 12.8 Å². The Labute approximate surface area is 183 Å². The molecular weight excluding hydrogens is 408 g/mol. The van der Waals surface area contributed by atoms with Gasteiger partial charge in [-0.15, -0.1) is 0 Å². The molecule has 1 fully saturated rings. The molecule has 2 aliphatic heterocycles. The molecule has 1 saturated heterocycles. The fraction of sp³-hybridized carbons (Fsp3) is 0.227. The molecule has 1 amide bonds. The van der Waals surface area contributed by atoms with E-state index < -0.39 is 0 Å². The summed E-state index contributed by atoms with van der Waals surface area (Å²) in [6.45, 7) is 2.11. The summed E-state index contributed by atoms with van der Waals surface area (Å²) in [4.78, 5) is 27.9. The Balaban J connectivity index is 1.33. The zero-order chi connectivity index (χ0) is 21.5. The maximum Gasteiger partial charge on any atom is 0.262 e.